The zero-order valence-corrected chi connectivity index (χ0v) is 12.7. The second kappa shape index (κ2) is 7.21. The van der Waals surface area contributed by atoms with Gasteiger partial charge in [0.05, 0.1) is 12.2 Å². The quantitative estimate of drug-likeness (QED) is 0.283. The lowest BCUT2D eigenvalue weighted by Gasteiger charge is -2.13. The van der Waals surface area contributed by atoms with Crippen LogP contribution in [0.4, 0.5) is 0 Å². The average Bonchev–Trinajstić information content (AvgIpc) is 2.99. The Morgan fingerprint density at radius 1 is 1.40 bits per heavy atom. The summed E-state index contributed by atoms with van der Waals surface area (Å²) in [6.07, 6.45) is 2.79. The highest BCUT2D eigenvalue weighted by Crippen LogP contribution is 2.28. The van der Waals surface area contributed by atoms with Gasteiger partial charge >= 0.3 is 0 Å². The molecule has 1 heterocycles. The van der Waals surface area contributed by atoms with E-state index < -0.39 is 0 Å². The zero-order chi connectivity index (χ0) is 14.4. The molecule has 2 rings (SSSR count). The molecule has 0 aliphatic carbocycles. The molecule has 3 N–H and O–H groups in total. The van der Waals surface area contributed by atoms with Gasteiger partial charge in [0.1, 0.15) is 5.75 Å². The van der Waals surface area contributed by atoms with Gasteiger partial charge in [-0.25, -0.2) is 0 Å². The van der Waals surface area contributed by atoms with Crippen molar-refractivity contribution in [2.24, 2.45) is 10.9 Å². The summed E-state index contributed by atoms with van der Waals surface area (Å²) in [4.78, 5) is 2.20. The molecule has 2 aromatic rings. The number of thioether (sulfide) groups is 1. The summed E-state index contributed by atoms with van der Waals surface area (Å²) in [5.74, 6) is 0.713. The van der Waals surface area contributed by atoms with E-state index in [0.717, 1.165) is 11.3 Å². The Bertz CT molecular complexity index is 583. The molecule has 0 bridgehead atoms. The molecule has 4 nitrogen and oxygen atoms in total. The van der Waals surface area contributed by atoms with Crippen LogP contribution in [0.15, 0.2) is 45.8 Å². The molecule has 0 fully saturated rings. The van der Waals surface area contributed by atoms with Crippen LogP contribution in [0.1, 0.15) is 10.4 Å². The molecule has 6 heteroatoms. The topological polar surface area (TPSA) is 67.8 Å². The molecule has 0 amide bonds. The second-order valence-electron chi connectivity index (χ2n) is 4.00. The summed E-state index contributed by atoms with van der Waals surface area (Å²) in [7, 11) is 0. The highest BCUT2D eigenvalue weighted by atomic mass is 32.2. The molecule has 0 atom stereocenters. The third-order valence-corrected chi connectivity index (χ3v) is 4.47. The van der Waals surface area contributed by atoms with Crippen molar-refractivity contribution in [1.29, 1.82) is 0 Å². The van der Waals surface area contributed by atoms with Gasteiger partial charge in [-0.15, -0.1) is 23.1 Å². The van der Waals surface area contributed by atoms with Gasteiger partial charge in [0.15, 0.2) is 5.84 Å². The molecule has 0 saturated heterocycles. The maximum Gasteiger partial charge on any atom is 0.174 e. The number of benzene rings is 1. The fourth-order valence-corrected chi connectivity index (χ4v) is 3.13. The van der Waals surface area contributed by atoms with Gasteiger partial charge in [0.25, 0.3) is 0 Å². The number of oxime groups is 1. The predicted octanol–water partition coefficient (Wildman–Crippen LogP) is 3.19. The van der Waals surface area contributed by atoms with Crippen LogP contribution < -0.4 is 10.5 Å². The van der Waals surface area contributed by atoms with Gasteiger partial charge in [-0.1, -0.05) is 17.3 Å². The molecular weight excluding hydrogens is 292 g/mol. The van der Waals surface area contributed by atoms with Crippen molar-refractivity contribution in [2.45, 2.75) is 11.3 Å². The molecule has 0 aliphatic rings. The number of amidine groups is 1. The minimum atomic E-state index is 0.0704. The standard InChI is InChI=1S/C14H16N2O2S2/c1-19-12-6-2-5-11(13(12)14(15)16-17)18-8-7-10-4-3-9-20-10/h2-6,9,17H,7-8H2,1H3,(H2,15,16). The first-order valence-electron chi connectivity index (χ1n) is 6.06. The SMILES string of the molecule is CSc1cccc(OCCc2cccs2)c1/C(N)=N/O. The van der Waals surface area contributed by atoms with Gasteiger partial charge in [0, 0.05) is 16.2 Å². The number of nitrogens with two attached hydrogens (primary N) is 1. The second-order valence-corrected chi connectivity index (χ2v) is 5.88. The highest BCUT2D eigenvalue weighted by Gasteiger charge is 2.13. The Labute approximate surface area is 126 Å². The summed E-state index contributed by atoms with van der Waals surface area (Å²) in [6, 6.07) is 9.76. The summed E-state index contributed by atoms with van der Waals surface area (Å²) < 4.78 is 5.80. The van der Waals surface area contributed by atoms with Crippen molar-refractivity contribution in [1.82, 2.24) is 0 Å². The average molecular weight is 308 g/mol. The molecule has 0 spiro atoms. The number of ether oxygens (including phenoxy) is 1. The van der Waals surface area contributed by atoms with Crippen molar-refractivity contribution in [2.75, 3.05) is 12.9 Å². The minimum absolute atomic E-state index is 0.0704. The van der Waals surface area contributed by atoms with E-state index in [1.807, 2.05) is 35.9 Å². The Morgan fingerprint density at radius 3 is 2.90 bits per heavy atom. The van der Waals surface area contributed by atoms with Crippen molar-refractivity contribution in [3.63, 3.8) is 0 Å². The smallest absolute Gasteiger partial charge is 0.174 e. The van der Waals surface area contributed by atoms with E-state index >= 15 is 0 Å². The molecule has 0 radical (unpaired) electrons. The molecule has 0 saturated carbocycles. The largest absolute Gasteiger partial charge is 0.492 e. The summed E-state index contributed by atoms with van der Waals surface area (Å²) in [5, 5.41) is 14.0. The van der Waals surface area contributed by atoms with Crippen LogP contribution in [0.25, 0.3) is 0 Å². The first-order chi connectivity index (χ1) is 9.76. The lowest BCUT2D eigenvalue weighted by atomic mass is 10.2. The van der Waals surface area contributed by atoms with E-state index in [2.05, 4.69) is 11.2 Å². The van der Waals surface area contributed by atoms with E-state index in [-0.39, 0.29) is 5.84 Å². The zero-order valence-electron chi connectivity index (χ0n) is 11.1. The lowest BCUT2D eigenvalue weighted by Crippen LogP contribution is -2.16. The molecule has 0 aliphatic heterocycles. The number of nitrogens with zero attached hydrogens (tertiary/aromatic N) is 1. The third kappa shape index (κ3) is 3.46. The predicted molar refractivity (Wildman–Crippen MR) is 84.3 cm³/mol. The van der Waals surface area contributed by atoms with Crippen molar-refractivity contribution < 1.29 is 9.94 Å². The summed E-state index contributed by atoms with van der Waals surface area (Å²) in [6.45, 7) is 0.560. The Balaban J connectivity index is 2.14. The van der Waals surface area contributed by atoms with E-state index in [0.29, 0.717) is 17.9 Å². The lowest BCUT2D eigenvalue weighted by molar-refractivity contribution is 0.313. The van der Waals surface area contributed by atoms with Gasteiger partial charge in [-0.3, -0.25) is 0 Å². The molecular formula is C14H16N2O2S2. The fraction of sp³-hybridized carbons (Fsp3) is 0.214. The molecule has 1 aromatic carbocycles. The van der Waals surface area contributed by atoms with Crippen LogP contribution in [0.2, 0.25) is 0 Å². The van der Waals surface area contributed by atoms with Gasteiger partial charge in [-0.2, -0.15) is 0 Å². The number of thiophene rings is 1. The fourth-order valence-electron chi connectivity index (χ4n) is 1.82. The number of hydrogen-bond acceptors (Lipinski definition) is 5. The third-order valence-electron chi connectivity index (χ3n) is 2.76. The monoisotopic (exact) mass is 308 g/mol. The van der Waals surface area contributed by atoms with Crippen LogP contribution in [-0.4, -0.2) is 23.9 Å². The van der Waals surface area contributed by atoms with Crippen LogP contribution in [0, 0.1) is 0 Å². The van der Waals surface area contributed by atoms with Crippen LogP contribution in [0.5, 0.6) is 5.75 Å². The van der Waals surface area contributed by atoms with Crippen molar-refractivity contribution in [3.05, 3.63) is 46.2 Å². The number of rotatable bonds is 6. The normalized spacial score (nSPS) is 11.6. The van der Waals surface area contributed by atoms with Gasteiger partial charge in [0.2, 0.25) is 0 Å². The first kappa shape index (κ1) is 14.7. The Morgan fingerprint density at radius 2 is 2.25 bits per heavy atom. The maximum absolute atomic E-state index is 8.91. The summed E-state index contributed by atoms with van der Waals surface area (Å²) in [5.41, 5.74) is 6.39. The highest BCUT2D eigenvalue weighted by molar-refractivity contribution is 7.98. The molecule has 106 valence electrons. The van der Waals surface area contributed by atoms with Crippen molar-refractivity contribution in [3.8, 4) is 5.75 Å². The Hall–Kier alpha value is -1.66. The minimum Gasteiger partial charge on any atom is -0.492 e. The van der Waals surface area contributed by atoms with Gasteiger partial charge < -0.3 is 15.7 Å². The number of hydrogen-bond donors (Lipinski definition) is 2. The van der Waals surface area contributed by atoms with Crippen LogP contribution in [-0.2, 0) is 6.42 Å². The van der Waals surface area contributed by atoms with Crippen molar-refractivity contribution >= 4 is 28.9 Å². The molecule has 20 heavy (non-hydrogen) atoms. The van der Waals surface area contributed by atoms with Gasteiger partial charge in [-0.05, 0) is 29.8 Å². The molecule has 1 aromatic heterocycles. The first-order valence-corrected chi connectivity index (χ1v) is 8.16. The van der Waals surface area contributed by atoms with E-state index in [1.165, 1.54) is 16.6 Å². The van der Waals surface area contributed by atoms with E-state index in [9.17, 15) is 0 Å². The summed E-state index contributed by atoms with van der Waals surface area (Å²) >= 11 is 3.24. The molecule has 0 unspecified atom stereocenters. The Kier molecular flexibility index (Phi) is 5.31. The van der Waals surface area contributed by atoms with E-state index in [1.54, 1.807) is 11.3 Å². The van der Waals surface area contributed by atoms with E-state index in [4.69, 9.17) is 15.7 Å². The van der Waals surface area contributed by atoms with Crippen LogP contribution >= 0.6 is 23.1 Å². The maximum atomic E-state index is 8.91. The van der Waals surface area contributed by atoms with Crippen LogP contribution in [0.3, 0.4) is 0 Å².